The summed E-state index contributed by atoms with van der Waals surface area (Å²) in [5.41, 5.74) is 2.12. The summed E-state index contributed by atoms with van der Waals surface area (Å²) >= 11 is 1.40. The average molecular weight is 312 g/mol. The average Bonchev–Trinajstić information content (AvgIpc) is 3.03. The molecule has 0 spiro atoms. The van der Waals surface area contributed by atoms with E-state index >= 15 is 0 Å². The second-order valence-electron chi connectivity index (χ2n) is 4.67. The van der Waals surface area contributed by atoms with Crippen LogP contribution in [0, 0.1) is 6.92 Å². The first-order valence-electron chi connectivity index (χ1n) is 6.49. The summed E-state index contributed by atoms with van der Waals surface area (Å²) in [6, 6.07) is 12.9. The van der Waals surface area contributed by atoms with E-state index < -0.39 is 5.97 Å². The zero-order valence-electron chi connectivity index (χ0n) is 11.6. The fourth-order valence-electron chi connectivity index (χ4n) is 1.94. The minimum absolute atomic E-state index is 0.248. The Morgan fingerprint density at radius 1 is 1.18 bits per heavy atom. The van der Waals surface area contributed by atoms with E-state index in [2.05, 4.69) is 20.6 Å². The van der Waals surface area contributed by atoms with Crippen LogP contribution < -0.4 is 0 Å². The third-order valence-electron chi connectivity index (χ3n) is 3.06. The molecule has 0 aliphatic carbocycles. The molecule has 1 aromatic heterocycles. The Hall–Kier alpha value is -2.67. The summed E-state index contributed by atoms with van der Waals surface area (Å²) in [5.74, 6) is -0.531. The molecule has 6 nitrogen and oxygen atoms in total. The number of benzene rings is 2. The molecule has 110 valence electrons. The lowest BCUT2D eigenvalue weighted by Gasteiger charge is -2.07. The number of aromatic nitrogens is 4. The molecule has 0 saturated heterocycles. The van der Waals surface area contributed by atoms with Gasteiger partial charge in [-0.25, -0.2) is 4.79 Å². The van der Waals surface area contributed by atoms with Gasteiger partial charge in [0.2, 0.25) is 5.82 Å². The highest BCUT2D eigenvalue weighted by atomic mass is 32.2. The third kappa shape index (κ3) is 2.99. The predicted octanol–water partition coefficient (Wildman–Crippen LogP) is 3.02. The molecule has 0 radical (unpaired) electrons. The van der Waals surface area contributed by atoms with Crippen molar-refractivity contribution in [2.75, 3.05) is 0 Å². The monoisotopic (exact) mass is 312 g/mol. The van der Waals surface area contributed by atoms with Crippen LogP contribution in [0.4, 0.5) is 0 Å². The normalized spacial score (nSPS) is 10.6. The SMILES string of the molecule is Cc1ccc(Sc2cc(-c3nn[nH]n3)ccc2C(=O)O)cc1. The molecule has 0 atom stereocenters. The van der Waals surface area contributed by atoms with E-state index in [0.29, 0.717) is 16.3 Å². The molecular weight excluding hydrogens is 300 g/mol. The first-order chi connectivity index (χ1) is 10.6. The molecule has 0 fully saturated rings. The van der Waals surface area contributed by atoms with Crippen molar-refractivity contribution in [1.82, 2.24) is 20.6 Å². The molecule has 3 rings (SSSR count). The first kappa shape index (κ1) is 14.3. The summed E-state index contributed by atoms with van der Waals surface area (Å²) in [6.45, 7) is 2.01. The number of aromatic carboxylic acids is 1. The minimum atomic E-state index is -0.964. The first-order valence-corrected chi connectivity index (χ1v) is 7.31. The predicted molar refractivity (Wildman–Crippen MR) is 81.9 cm³/mol. The smallest absolute Gasteiger partial charge is 0.336 e. The van der Waals surface area contributed by atoms with Crippen LogP contribution in [0.25, 0.3) is 11.4 Å². The number of nitrogens with zero attached hydrogens (tertiary/aromatic N) is 3. The Labute approximate surface area is 130 Å². The van der Waals surface area contributed by atoms with Crippen molar-refractivity contribution in [2.24, 2.45) is 0 Å². The maximum Gasteiger partial charge on any atom is 0.336 e. The Balaban J connectivity index is 2.01. The second kappa shape index (κ2) is 5.98. The molecule has 0 aliphatic rings. The van der Waals surface area contributed by atoms with Crippen molar-refractivity contribution < 1.29 is 9.90 Å². The quantitative estimate of drug-likeness (QED) is 0.769. The molecule has 0 bridgehead atoms. The van der Waals surface area contributed by atoms with Gasteiger partial charge in [-0.1, -0.05) is 35.5 Å². The zero-order chi connectivity index (χ0) is 15.5. The number of aryl methyl sites for hydroxylation is 1. The Bertz CT molecular complexity index is 801. The van der Waals surface area contributed by atoms with Gasteiger partial charge in [-0.2, -0.15) is 5.21 Å². The van der Waals surface area contributed by atoms with E-state index in [1.165, 1.54) is 11.8 Å². The molecule has 0 unspecified atom stereocenters. The van der Waals surface area contributed by atoms with Crippen molar-refractivity contribution >= 4 is 17.7 Å². The van der Waals surface area contributed by atoms with Crippen molar-refractivity contribution in [2.45, 2.75) is 16.7 Å². The molecule has 2 N–H and O–H groups in total. The van der Waals surface area contributed by atoms with Gasteiger partial charge in [0.05, 0.1) is 5.56 Å². The highest BCUT2D eigenvalue weighted by molar-refractivity contribution is 7.99. The summed E-state index contributed by atoms with van der Waals surface area (Å²) in [5, 5.41) is 23.1. The lowest BCUT2D eigenvalue weighted by Crippen LogP contribution is -1.99. The van der Waals surface area contributed by atoms with Gasteiger partial charge < -0.3 is 5.11 Å². The Kier molecular flexibility index (Phi) is 3.88. The fraction of sp³-hybridized carbons (Fsp3) is 0.0667. The molecule has 1 heterocycles. The highest BCUT2D eigenvalue weighted by Gasteiger charge is 2.14. The molecule has 7 heteroatoms. The number of hydrogen-bond donors (Lipinski definition) is 2. The standard InChI is InChI=1S/C15H12N4O2S/c1-9-2-5-11(6-3-9)22-13-8-10(14-16-18-19-17-14)4-7-12(13)15(20)21/h2-8H,1H3,(H,20,21)(H,16,17,18,19). The lowest BCUT2D eigenvalue weighted by atomic mass is 10.1. The molecule has 0 amide bonds. The largest absolute Gasteiger partial charge is 0.478 e. The van der Waals surface area contributed by atoms with Crippen LogP contribution in [0.1, 0.15) is 15.9 Å². The van der Waals surface area contributed by atoms with Gasteiger partial charge in [0.25, 0.3) is 0 Å². The van der Waals surface area contributed by atoms with Gasteiger partial charge in [-0.05, 0) is 36.4 Å². The van der Waals surface area contributed by atoms with E-state index in [-0.39, 0.29) is 5.56 Å². The van der Waals surface area contributed by atoms with E-state index in [0.717, 1.165) is 10.5 Å². The summed E-state index contributed by atoms with van der Waals surface area (Å²) in [7, 11) is 0. The van der Waals surface area contributed by atoms with E-state index in [1.807, 2.05) is 31.2 Å². The molecule has 2 aromatic carbocycles. The summed E-state index contributed by atoms with van der Waals surface area (Å²) < 4.78 is 0. The molecule has 22 heavy (non-hydrogen) atoms. The van der Waals surface area contributed by atoms with Crippen LogP contribution in [0.15, 0.2) is 52.3 Å². The number of nitrogens with one attached hydrogen (secondary N) is 1. The van der Waals surface area contributed by atoms with Crippen LogP contribution in [0.2, 0.25) is 0 Å². The number of hydrogen-bond acceptors (Lipinski definition) is 5. The molecule has 0 saturated carbocycles. The summed E-state index contributed by atoms with van der Waals surface area (Å²) in [4.78, 5) is 13.0. The van der Waals surface area contributed by atoms with Crippen LogP contribution >= 0.6 is 11.8 Å². The Morgan fingerprint density at radius 3 is 2.59 bits per heavy atom. The van der Waals surface area contributed by atoms with Crippen LogP contribution in [-0.2, 0) is 0 Å². The van der Waals surface area contributed by atoms with Gasteiger partial charge >= 0.3 is 5.97 Å². The minimum Gasteiger partial charge on any atom is -0.478 e. The maximum absolute atomic E-state index is 11.4. The van der Waals surface area contributed by atoms with Crippen molar-refractivity contribution in [3.63, 3.8) is 0 Å². The number of carboxylic acid groups (broad SMARTS) is 1. The third-order valence-corrected chi connectivity index (χ3v) is 4.13. The van der Waals surface area contributed by atoms with Crippen molar-refractivity contribution in [3.8, 4) is 11.4 Å². The summed E-state index contributed by atoms with van der Waals surface area (Å²) in [6.07, 6.45) is 0. The molecule has 0 aliphatic heterocycles. The van der Waals surface area contributed by atoms with Gasteiger partial charge in [0.1, 0.15) is 0 Å². The molecular formula is C15H12N4O2S. The highest BCUT2D eigenvalue weighted by Crippen LogP contribution is 2.33. The number of aromatic amines is 1. The van der Waals surface area contributed by atoms with Gasteiger partial charge in [-0.15, -0.1) is 10.2 Å². The van der Waals surface area contributed by atoms with Crippen LogP contribution in [-0.4, -0.2) is 31.7 Å². The number of tetrazole rings is 1. The van der Waals surface area contributed by atoms with Gasteiger partial charge in [-0.3, -0.25) is 0 Å². The molecule has 3 aromatic rings. The number of carbonyl (C=O) groups is 1. The van der Waals surface area contributed by atoms with E-state index in [9.17, 15) is 9.90 Å². The zero-order valence-corrected chi connectivity index (χ0v) is 12.5. The lowest BCUT2D eigenvalue weighted by molar-refractivity contribution is 0.0693. The number of H-pyrrole nitrogens is 1. The van der Waals surface area contributed by atoms with E-state index in [1.54, 1.807) is 18.2 Å². The second-order valence-corrected chi connectivity index (χ2v) is 5.78. The fourth-order valence-corrected chi connectivity index (χ4v) is 2.92. The van der Waals surface area contributed by atoms with Crippen molar-refractivity contribution in [1.29, 1.82) is 0 Å². The van der Waals surface area contributed by atoms with Crippen LogP contribution in [0.5, 0.6) is 0 Å². The van der Waals surface area contributed by atoms with Crippen LogP contribution in [0.3, 0.4) is 0 Å². The van der Waals surface area contributed by atoms with Gasteiger partial charge in [0, 0.05) is 15.4 Å². The number of carboxylic acids is 1. The van der Waals surface area contributed by atoms with Gasteiger partial charge in [0.15, 0.2) is 0 Å². The Morgan fingerprint density at radius 2 is 1.95 bits per heavy atom. The van der Waals surface area contributed by atoms with Crippen molar-refractivity contribution in [3.05, 3.63) is 53.6 Å². The van der Waals surface area contributed by atoms with E-state index in [4.69, 9.17) is 0 Å². The number of rotatable bonds is 4. The topological polar surface area (TPSA) is 91.8 Å². The maximum atomic E-state index is 11.4.